The van der Waals surface area contributed by atoms with Crippen molar-refractivity contribution < 1.29 is 9.53 Å². The zero-order valence-electron chi connectivity index (χ0n) is 10.7. The van der Waals surface area contributed by atoms with Gasteiger partial charge in [-0.3, -0.25) is 4.79 Å². The highest BCUT2D eigenvalue weighted by Crippen LogP contribution is 2.12. The lowest BCUT2D eigenvalue weighted by Gasteiger charge is -2.03. The third-order valence-electron chi connectivity index (χ3n) is 2.56. The molecule has 4 nitrogen and oxygen atoms in total. The minimum atomic E-state index is -0.237. The topological polar surface area (TPSA) is 50.7 Å². The number of benzene rings is 1. The predicted molar refractivity (Wildman–Crippen MR) is 77.0 cm³/mol. The van der Waals surface area contributed by atoms with E-state index in [1.807, 2.05) is 24.4 Å². The van der Waals surface area contributed by atoms with E-state index in [4.69, 9.17) is 4.74 Å². The van der Waals surface area contributed by atoms with E-state index < -0.39 is 0 Å². The summed E-state index contributed by atoms with van der Waals surface area (Å²) in [5.74, 6) is 0.480. The highest BCUT2D eigenvalue weighted by atomic mass is 32.1. The number of hydrogen-bond donors (Lipinski definition) is 1. The fraction of sp³-hybridized carbons (Fsp3) is 0.143. The predicted octanol–water partition coefficient (Wildman–Crippen LogP) is 2.91. The first-order valence-corrected chi connectivity index (χ1v) is 6.61. The zero-order chi connectivity index (χ0) is 13.7. The standard InChI is InChI=1S/C14H14N2O2S/c1-10(13-4-3-9-19-13)15-16-14(17)11-5-7-12(18-2)8-6-11/h3-9H,1-2H3,(H,16,17)/b15-10+. The molecular weight excluding hydrogens is 260 g/mol. The molecule has 1 N–H and O–H groups in total. The van der Waals surface area contributed by atoms with Gasteiger partial charge in [0.25, 0.3) is 5.91 Å². The second-order valence-electron chi connectivity index (χ2n) is 3.84. The van der Waals surface area contributed by atoms with Crippen molar-refractivity contribution in [3.05, 3.63) is 52.2 Å². The van der Waals surface area contributed by atoms with Crippen molar-refractivity contribution in [1.82, 2.24) is 5.43 Å². The highest BCUT2D eigenvalue weighted by Gasteiger charge is 2.05. The first-order chi connectivity index (χ1) is 9.20. The average molecular weight is 274 g/mol. The van der Waals surface area contributed by atoms with Gasteiger partial charge in [-0.1, -0.05) is 6.07 Å². The summed E-state index contributed by atoms with van der Waals surface area (Å²) in [6.07, 6.45) is 0. The monoisotopic (exact) mass is 274 g/mol. The van der Waals surface area contributed by atoms with Crippen LogP contribution in [0.1, 0.15) is 22.2 Å². The molecule has 0 radical (unpaired) electrons. The molecule has 98 valence electrons. The molecule has 1 aromatic carbocycles. The molecule has 0 bridgehead atoms. The Bertz CT molecular complexity index is 574. The number of thiophene rings is 1. The lowest BCUT2D eigenvalue weighted by molar-refractivity contribution is 0.0955. The van der Waals surface area contributed by atoms with Gasteiger partial charge in [-0.25, -0.2) is 5.43 Å². The summed E-state index contributed by atoms with van der Waals surface area (Å²) < 4.78 is 5.04. The van der Waals surface area contributed by atoms with E-state index in [0.29, 0.717) is 5.56 Å². The van der Waals surface area contributed by atoms with Crippen molar-refractivity contribution in [3.63, 3.8) is 0 Å². The molecule has 0 aliphatic carbocycles. The van der Waals surface area contributed by atoms with E-state index in [-0.39, 0.29) is 5.91 Å². The molecule has 0 aliphatic heterocycles. The van der Waals surface area contributed by atoms with Crippen LogP contribution < -0.4 is 10.2 Å². The van der Waals surface area contributed by atoms with Gasteiger partial charge in [0.05, 0.1) is 12.8 Å². The van der Waals surface area contributed by atoms with Crippen LogP contribution in [0.2, 0.25) is 0 Å². The summed E-state index contributed by atoms with van der Waals surface area (Å²) in [6, 6.07) is 10.8. The Morgan fingerprint density at radius 3 is 2.58 bits per heavy atom. The van der Waals surface area contributed by atoms with E-state index in [1.54, 1.807) is 42.7 Å². The van der Waals surface area contributed by atoms with Gasteiger partial charge in [-0.05, 0) is 42.6 Å². The molecular formula is C14H14N2O2S. The fourth-order valence-electron chi connectivity index (χ4n) is 1.48. The van der Waals surface area contributed by atoms with Crippen molar-refractivity contribution in [2.45, 2.75) is 6.92 Å². The van der Waals surface area contributed by atoms with Crippen LogP contribution >= 0.6 is 11.3 Å². The maximum Gasteiger partial charge on any atom is 0.271 e. The van der Waals surface area contributed by atoms with Gasteiger partial charge in [0, 0.05) is 10.4 Å². The lowest BCUT2D eigenvalue weighted by Crippen LogP contribution is -2.19. The van der Waals surface area contributed by atoms with Crippen molar-refractivity contribution in [2.75, 3.05) is 7.11 Å². The number of hydrogen-bond acceptors (Lipinski definition) is 4. The van der Waals surface area contributed by atoms with E-state index in [9.17, 15) is 4.79 Å². The Balaban J connectivity index is 2.02. The third kappa shape index (κ3) is 3.42. The minimum Gasteiger partial charge on any atom is -0.497 e. The molecule has 0 atom stereocenters. The normalized spacial score (nSPS) is 11.2. The molecule has 0 saturated carbocycles. The summed E-state index contributed by atoms with van der Waals surface area (Å²) in [5.41, 5.74) is 3.87. The summed E-state index contributed by atoms with van der Waals surface area (Å²) in [6.45, 7) is 1.86. The van der Waals surface area contributed by atoms with E-state index in [2.05, 4.69) is 10.5 Å². The summed E-state index contributed by atoms with van der Waals surface area (Å²) in [4.78, 5) is 12.9. The number of nitrogens with one attached hydrogen (secondary N) is 1. The number of amides is 1. The lowest BCUT2D eigenvalue weighted by atomic mass is 10.2. The molecule has 0 fully saturated rings. The van der Waals surface area contributed by atoms with E-state index in [0.717, 1.165) is 16.3 Å². The number of methoxy groups -OCH3 is 1. The SMILES string of the molecule is COc1ccc(C(=O)N/N=C(\C)c2cccs2)cc1. The molecule has 2 aromatic rings. The Morgan fingerprint density at radius 1 is 1.26 bits per heavy atom. The van der Waals surface area contributed by atoms with Gasteiger partial charge in [-0.2, -0.15) is 5.10 Å². The second kappa shape index (κ2) is 6.15. The number of ether oxygens (including phenoxy) is 1. The van der Waals surface area contributed by atoms with Crippen molar-refractivity contribution >= 4 is 23.0 Å². The largest absolute Gasteiger partial charge is 0.497 e. The summed E-state index contributed by atoms with van der Waals surface area (Å²) >= 11 is 1.58. The maximum atomic E-state index is 11.9. The van der Waals surface area contributed by atoms with Gasteiger partial charge < -0.3 is 4.74 Å². The number of rotatable bonds is 4. The van der Waals surface area contributed by atoms with Crippen LogP contribution in [0.15, 0.2) is 46.9 Å². The van der Waals surface area contributed by atoms with Crippen molar-refractivity contribution in [2.24, 2.45) is 5.10 Å². The fourth-order valence-corrected chi connectivity index (χ4v) is 2.16. The van der Waals surface area contributed by atoms with Crippen LogP contribution in [0.4, 0.5) is 0 Å². The van der Waals surface area contributed by atoms with Crippen molar-refractivity contribution in [3.8, 4) is 5.75 Å². The molecule has 0 spiro atoms. The molecule has 0 saturated heterocycles. The molecule has 5 heteroatoms. The van der Waals surface area contributed by atoms with Gasteiger partial charge in [-0.15, -0.1) is 11.3 Å². The quantitative estimate of drug-likeness (QED) is 0.688. The zero-order valence-corrected chi connectivity index (χ0v) is 11.5. The minimum absolute atomic E-state index is 0.237. The second-order valence-corrected chi connectivity index (χ2v) is 4.79. The number of carbonyl (C=O) groups excluding carboxylic acids is 1. The maximum absolute atomic E-state index is 11.9. The molecule has 1 aromatic heterocycles. The van der Waals surface area contributed by atoms with Crippen LogP contribution in [0.25, 0.3) is 0 Å². The summed E-state index contributed by atoms with van der Waals surface area (Å²) in [7, 11) is 1.59. The molecule has 1 amide bonds. The average Bonchev–Trinajstić information content (AvgIpc) is 2.98. The smallest absolute Gasteiger partial charge is 0.271 e. The van der Waals surface area contributed by atoms with Gasteiger partial charge in [0.15, 0.2) is 0 Å². The summed E-state index contributed by atoms with van der Waals surface area (Å²) in [5, 5.41) is 6.05. The van der Waals surface area contributed by atoms with Gasteiger partial charge in [0.1, 0.15) is 5.75 Å². The van der Waals surface area contributed by atoms with Crippen molar-refractivity contribution in [1.29, 1.82) is 0 Å². The van der Waals surface area contributed by atoms with Crippen LogP contribution in [-0.2, 0) is 0 Å². The van der Waals surface area contributed by atoms with Crippen LogP contribution in [0.3, 0.4) is 0 Å². The Hall–Kier alpha value is -2.14. The molecule has 2 rings (SSSR count). The number of carbonyl (C=O) groups is 1. The molecule has 0 aliphatic rings. The van der Waals surface area contributed by atoms with E-state index >= 15 is 0 Å². The number of nitrogens with zero attached hydrogens (tertiary/aromatic N) is 1. The van der Waals surface area contributed by atoms with Gasteiger partial charge in [0.2, 0.25) is 0 Å². The Labute approximate surface area is 115 Å². The third-order valence-corrected chi connectivity index (χ3v) is 3.53. The highest BCUT2D eigenvalue weighted by molar-refractivity contribution is 7.12. The van der Waals surface area contributed by atoms with Crippen LogP contribution in [0, 0.1) is 0 Å². The first-order valence-electron chi connectivity index (χ1n) is 5.73. The first kappa shape index (κ1) is 13.3. The number of hydrazone groups is 1. The molecule has 0 unspecified atom stereocenters. The Morgan fingerprint density at radius 2 is 2.00 bits per heavy atom. The molecule has 1 heterocycles. The van der Waals surface area contributed by atoms with Crippen LogP contribution in [-0.4, -0.2) is 18.7 Å². The van der Waals surface area contributed by atoms with E-state index in [1.165, 1.54) is 0 Å². The molecule has 19 heavy (non-hydrogen) atoms. The van der Waals surface area contributed by atoms with Gasteiger partial charge >= 0.3 is 0 Å². The van der Waals surface area contributed by atoms with Crippen LogP contribution in [0.5, 0.6) is 5.75 Å². The Kier molecular flexibility index (Phi) is 4.30.